The molecule has 2 aliphatic rings. The molecule has 118 valence electrons. The fourth-order valence-electron chi connectivity index (χ4n) is 2.72. The zero-order valence-corrected chi connectivity index (χ0v) is 12.3. The van der Waals surface area contributed by atoms with Crippen molar-refractivity contribution in [2.24, 2.45) is 0 Å². The third-order valence-electron chi connectivity index (χ3n) is 4.21. The van der Waals surface area contributed by atoms with Gasteiger partial charge in [-0.3, -0.25) is 4.79 Å². The van der Waals surface area contributed by atoms with Gasteiger partial charge in [0.05, 0.1) is 6.54 Å². The van der Waals surface area contributed by atoms with E-state index in [1.807, 2.05) is 30.3 Å². The minimum Gasteiger partial charge on any atom is -0.445 e. The number of rotatable bonds is 3. The first-order chi connectivity index (χ1) is 10.6. The Morgan fingerprint density at radius 1 is 1.14 bits per heavy atom. The number of benzene rings is 1. The molecule has 0 aromatic heterocycles. The number of carbonyl (C=O) groups is 2. The van der Waals surface area contributed by atoms with Crippen LogP contribution in [0, 0.1) is 0 Å². The average Bonchev–Trinajstić information content (AvgIpc) is 2.88. The maximum absolute atomic E-state index is 14.7. The topological polar surface area (TPSA) is 49.9 Å². The lowest BCUT2D eigenvalue weighted by molar-refractivity contribution is -0.146. The van der Waals surface area contributed by atoms with Crippen molar-refractivity contribution in [2.45, 2.75) is 25.1 Å². The Morgan fingerprint density at radius 2 is 1.86 bits per heavy atom. The molecule has 2 saturated heterocycles. The summed E-state index contributed by atoms with van der Waals surface area (Å²) in [5.74, 6) is -0.489. The van der Waals surface area contributed by atoms with Crippen molar-refractivity contribution in [3.05, 3.63) is 35.9 Å². The van der Waals surface area contributed by atoms with E-state index in [1.165, 1.54) is 9.80 Å². The molecule has 2 aliphatic heterocycles. The maximum atomic E-state index is 14.7. The van der Waals surface area contributed by atoms with Crippen LogP contribution in [-0.4, -0.2) is 53.6 Å². The summed E-state index contributed by atoms with van der Waals surface area (Å²) in [4.78, 5) is 26.9. The molecule has 22 heavy (non-hydrogen) atoms. The quantitative estimate of drug-likeness (QED) is 0.858. The lowest BCUT2D eigenvalue weighted by Crippen LogP contribution is -2.53. The van der Waals surface area contributed by atoms with E-state index in [0.717, 1.165) is 12.0 Å². The van der Waals surface area contributed by atoms with Crippen molar-refractivity contribution in [3.8, 4) is 0 Å². The molecule has 2 amide bonds. The molecule has 0 N–H and O–H groups in total. The Bertz CT molecular complexity index is 562. The highest BCUT2D eigenvalue weighted by molar-refractivity contribution is 5.87. The molecule has 2 fully saturated rings. The zero-order valence-electron chi connectivity index (χ0n) is 12.3. The van der Waals surface area contributed by atoms with Gasteiger partial charge in [0.15, 0.2) is 0 Å². The molecule has 1 aromatic rings. The molecular weight excluding hydrogens is 287 g/mol. The minimum absolute atomic E-state index is 0.0444. The Labute approximate surface area is 128 Å². The molecule has 3 rings (SSSR count). The van der Waals surface area contributed by atoms with Crippen molar-refractivity contribution in [3.63, 3.8) is 0 Å². The summed E-state index contributed by atoms with van der Waals surface area (Å²) in [6.45, 7) is 1.38. The highest BCUT2D eigenvalue weighted by Gasteiger charge is 2.49. The molecule has 0 unspecified atom stereocenters. The predicted octanol–water partition coefficient (Wildman–Crippen LogP) is 1.97. The third-order valence-corrected chi connectivity index (χ3v) is 4.21. The standard InChI is InChI=1S/C16H19FN2O3/c17-16(14(20)18-8-4-9-18)7-10-19(12-16)15(21)22-11-13-5-2-1-3-6-13/h1-3,5-6H,4,7-12H2/t16-/m1/s1. The van der Waals surface area contributed by atoms with Gasteiger partial charge in [0.25, 0.3) is 5.91 Å². The number of alkyl halides is 1. The fourth-order valence-corrected chi connectivity index (χ4v) is 2.72. The van der Waals surface area contributed by atoms with E-state index < -0.39 is 17.7 Å². The van der Waals surface area contributed by atoms with E-state index >= 15 is 0 Å². The molecular formula is C16H19FN2O3. The van der Waals surface area contributed by atoms with Crippen molar-refractivity contribution in [1.82, 2.24) is 9.80 Å². The normalized spacial score (nSPS) is 24.0. The van der Waals surface area contributed by atoms with Gasteiger partial charge in [-0.15, -0.1) is 0 Å². The number of hydrogen-bond acceptors (Lipinski definition) is 3. The van der Waals surface area contributed by atoms with E-state index in [9.17, 15) is 14.0 Å². The third kappa shape index (κ3) is 2.91. The number of likely N-dealkylation sites (tertiary alicyclic amines) is 2. The number of halogens is 1. The molecule has 0 saturated carbocycles. The van der Waals surface area contributed by atoms with Gasteiger partial charge in [0.1, 0.15) is 6.61 Å². The zero-order chi connectivity index (χ0) is 15.6. The monoisotopic (exact) mass is 306 g/mol. The number of amides is 2. The molecule has 1 aromatic carbocycles. The van der Waals surface area contributed by atoms with Crippen LogP contribution < -0.4 is 0 Å². The molecule has 6 heteroatoms. The smallest absolute Gasteiger partial charge is 0.410 e. The largest absolute Gasteiger partial charge is 0.445 e. The molecule has 2 heterocycles. The first-order valence-electron chi connectivity index (χ1n) is 7.52. The van der Waals surface area contributed by atoms with Gasteiger partial charge in [-0.1, -0.05) is 30.3 Å². The summed E-state index contributed by atoms with van der Waals surface area (Å²) in [7, 11) is 0. The second-order valence-corrected chi connectivity index (χ2v) is 5.82. The molecule has 0 bridgehead atoms. The second-order valence-electron chi connectivity index (χ2n) is 5.82. The van der Waals surface area contributed by atoms with E-state index in [4.69, 9.17) is 4.74 Å². The van der Waals surface area contributed by atoms with Gasteiger partial charge in [0, 0.05) is 26.1 Å². The average molecular weight is 306 g/mol. The summed E-state index contributed by atoms with van der Waals surface area (Å²) in [5.41, 5.74) is -1.08. The van der Waals surface area contributed by atoms with Gasteiger partial charge in [-0.2, -0.15) is 0 Å². The molecule has 0 aliphatic carbocycles. The SMILES string of the molecule is O=C(OCc1ccccc1)N1CC[C@](F)(C(=O)N2CCC2)C1. The summed E-state index contributed by atoms with van der Waals surface area (Å²) >= 11 is 0. The summed E-state index contributed by atoms with van der Waals surface area (Å²) in [6, 6.07) is 9.30. The van der Waals surface area contributed by atoms with Crippen LogP contribution in [0.4, 0.5) is 9.18 Å². The van der Waals surface area contributed by atoms with Crippen LogP contribution >= 0.6 is 0 Å². The Balaban J connectivity index is 1.53. The molecule has 0 radical (unpaired) electrons. The van der Waals surface area contributed by atoms with Gasteiger partial charge < -0.3 is 14.5 Å². The van der Waals surface area contributed by atoms with Crippen LogP contribution in [0.2, 0.25) is 0 Å². The lowest BCUT2D eigenvalue weighted by Gasteiger charge is -2.35. The van der Waals surface area contributed by atoms with Crippen LogP contribution in [-0.2, 0) is 16.1 Å². The van der Waals surface area contributed by atoms with Crippen molar-refractivity contribution >= 4 is 12.0 Å². The van der Waals surface area contributed by atoms with E-state index in [2.05, 4.69) is 0 Å². The lowest BCUT2D eigenvalue weighted by atomic mass is 10.0. The first kappa shape index (κ1) is 14.8. The Kier molecular flexibility index (Phi) is 4.00. The first-order valence-corrected chi connectivity index (χ1v) is 7.52. The van der Waals surface area contributed by atoms with Crippen LogP contribution in [0.25, 0.3) is 0 Å². The number of carbonyl (C=O) groups excluding carboxylic acids is 2. The van der Waals surface area contributed by atoms with E-state index in [-0.39, 0.29) is 26.1 Å². The molecule has 5 nitrogen and oxygen atoms in total. The van der Waals surface area contributed by atoms with Gasteiger partial charge in [0.2, 0.25) is 5.67 Å². The highest BCUT2D eigenvalue weighted by atomic mass is 19.1. The predicted molar refractivity (Wildman–Crippen MR) is 77.9 cm³/mol. The molecule has 1 atom stereocenters. The Hall–Kier alpha value is -2.11. The second kappa shape index (κ2) is 5.94. The van der Waals surface area contributed by atoms with Crippen molar-refractivity contribution < 1.29 is 18.7 Å². The molecule has 0 spiro atoms. The van der Waals surface area contributed by atoms with E-state index in [0.29, 0.717) is 13.1 Å². The van der Waals surface area contributed by atoms with Crippen LogP contribution in [0.1, 0.15) is 18.4 Å². The van der Waals surface area contributed by atoms with Crippen LogP contribution in [0.15, 0.2) is 30.3 Å². The summed E-state index contributed by atoms with van der Waals surface area (Å²) in [5, 5.41) is 0. The Morgan fingerprint density at radius 3 is 2.50 bits per heavy atom. The summed E-state index contributed by atoms with van der Waals surface area (Å²) < 4.78 is 19.9. The van der Waals surface area contributed by atoms with Crippen LogP contribution in [0.3, 0.4) is 0 Å². The number of hydrogen-bond donors (Lipinski definition) is 0. The maximum Gasteiger partial charge on any atom is 0.410 e. The van der Waals surface area contributed by atoms with Crippen molar-refractivity contribution in [1.29, 1.82) is 0 Å². The highest BCUT2D eigenvalue weighted by Crippen LogP contribution is 2.30. The van der Waals surface area contributed by atoms with Crippen LogP contribution in [0.5, 0.6) is 0 Å². The van der Waals surface area contributed by atoms with Gasteiger partial charge in [-0.25, -0.2) is 9.18 Å². The fraction of sp³-hybridized carbons (Fsp3) is 0.500. The number of nitrogens with zero attached hydrogens (tertiary/aromatic N) is 2. The number of ether oxygens (including phenoxy) is 1. The van der Waals surface area contributed by atoms with Gasteiger partial charge >= 0.3 is 6.09 Å². The van der Waals surface area contributed by atoms with Crippen molar-refractivity contribution in [2.75, 3.05) is 26.2 Å². The van der Waals surface area contributed by atoms with E-state index in [1.54, 1.807) is 0 Å². The van der Waals surface area contributed by atoms with Gasteiger partial charge in [-0.05, 0) is 12.0 Å². The summed E-state index contributed by atoms with van der Waals surface area (Å²) in [6.07, 6.45) is 0.396. The minimum atomic E-state index is -1.95.